The van der Waals surface area contributed by atoms with Gasteiger partial charge in [0.15, 0.2) is 0 Å². The molecule has 2 N–H and O–H groups in total. The van der Waals surface area contributed by atoms with Gasteiger partial charge >= 0.3 is 6.03 Å². The normalized spacial score (nSPS) is 32.9. The summed E-state index contributed by atoms with van der Waals surface area (Å²) in [7, 11) is 1.67. The van der Waals surface area contributed by atoms with Crippen LogP contribution < -0.4 is 15.4 Å². The van der Waals surface area contributed by atoms with Crippen molar-refractivity contribution < 1.29 is 9.53 Å². The van der Waals surface area contributed by atoms with Crippen molar-refractivity contribution in [3.05, 3.63) is 29.8 Å². The number of urea groups is 1. The van der Waals surface area contributed by atoms with Crippen molar-refractivity contribution in [2.45, 2.75) is 57.9 Å². The Labute approximate surface area is 157 Å². The van der Waals surface area contributed by atoms with E-state index in [4.69, 9.17) is 4.74 Å². The summed E-state index contributed by atoms with van der Waals surface area (Å²) in [5.74, 6) is 3.62. The molecule has 0 heterocycles. The molecule has 4 bridgehead atoms. The highest BCUT2D eigenvalue weighted by Crippen LogP contribution is 2.61. The molecule has 0 radical (unpaired) electrons. The zero-order valence-corrected chi connectivity index (χ0v) is 16.1. The minimum absolute atomic E-state index is 0.0123. The molecule has 142 valence electrons. The van der Waals surface area contributed by atoms with E-state index in [2.05, 4.69) is 29.7 Å². The van der Waals surface area contributed by atoms with Crippen LogP contribution in [0.25, 0.3) is 0 Å². The average Bonchev–Trinajstić information content (AvgIpc) is 2.61. The van der Waals surface area contributed by atoms with Crippen molar-refractivity contribution in [2.75, 3.05) is 13.7 Å². The molecule has 2 amide bonds. The largest absolute Gasteiger partial charge is 0.497 e. The average molecular weight is 357 g/mol. The van der Waals surface area contributed by atoms with Gasteiger partial charge in [0.25, 0.3) is 0 Å². The Morgan fingerprint density at radius 2 is 1.69 bits per heavy atom. The third kappa shape index (κ3) is 3.56. The molecule has 0 saturated heterocycles. The predicted octanol–water partition coefficient (Wildman–Crippen LogP) is 4.14. The van der Waals surface area contributed by atoms with Crippen LogP contribution in [-0.2, 0) is 6.42 Å². The van der Waals surface area contributed by atoms with Crippen molar-refractivity contribution >= 4 is 6.03 Å². The van der Waals surface area contributed by atoms with Crippen LogP contribution in [0.1, 0.15) is 51.0 Å². The van der Waals surface area contributed by atoms with Gasteiger partial charge in [-0.1, -0.05) is 12.1 Å². The van der Waals surface area contributed by atoms with E-state index < -0.39 is 0 Å². The van der Waals surface area contributed by atoms with Gasteiger partial charge in [0.1, 0.15) is 5.75 Å². The first-order valence-electron chi connectivity index (χ1n) is 10.2. The number of amides is 2. The van der Waals surface area contributed by atoms with E-state index >= 15 is 0 Å². The third-order valence-electron chi connectivity index (χ3n) is 7.21. The number of hydrogen-bond acceptors (Lipinski definition) is 2. The number of nitrogens with one attached hydrogen (secondary N) is 2. The standard InChI is InChI=1S/C22H32N2O2/c1-15(22-12-17-9-18(13-22)11-19(10-17)14-22)24-21(25)23-8-7-16-3-5-20(26-2)6-4-16/h3-6,15,17-19H,7-14H2,1-2H3,(H2,23,24,25). The lowest BCUT2D eigenvalue weighted by molar-refractivity contribution is -0.0682. The lowest BCUT2D eigenvalue weighted by atomic mass is 9.48. The Morgan fingerprint density at radius 3 is 2.23 bits per heavy atom. The summed E-state index contributed by atoms with van der Waals surface area (Å²) in [4.78, 5) is 12.4. The molecule has 0 aliphatic heterocycles. The molecule has 4 fully saturated rings. The Balaban J connectivity index is 1.25. The van der Waals surface area contributed by atoms with E-state index in [1.165, 1.54) is 44.1 Å². The maximum Gasteiger partial charge on any atom is 0.315 e. The summed E-state index contributed by atoms with van der Waals surface area (Å²) in [6.45, 7) is 2.89. The van der Waals surface area contributed by atoms with Crippen molar-refractivity contribution in [2.24, 2.45) is 23.2 Å². The smallest absolute Gasteiger partial charge is 0.315 e. The van der Waals surface area contributed by atoms with Crippen LogP contribution in [0.3, 0.4) is 0 Å². The summed E-state index contributed by atoms with van der Waals surface area (Å²) in [5, 5.41) is 6.31. The monoisotopic (exact) mass is 356 g/mol. The number of ether oxygens (including phenoxy) is 1. The number of rotatable bonds is 6. The second kappa shape index (κ2) is 7.13. The fourth-order valence-corrected chi connectivity index (χ4v) is 6.22. The Hall–Kier alpha value is -1.71. The molecule has 1 unspecified atom stereocenters. The predicted molar refractivity (Wildman–Crippen MR) is 103 cm³/mol. The number of carbonyl (C=O) groups excluding carboxylic acids is 1. The zero-order valence-electron chi connectivity index (χ0n) is 16.1. The molecule has 1 aromatic carbocycles. The molecular weight excluding hydrogens is 324 g/mol. The molecule has 0 aromatic heterocycles. The van der Waals surface area contributed by atoms with E-state index in [1.807, 2.05) is 12.1 Å². The van der Waals surface area contributed by atoms with Crippen LogP contribution in [0.5, 0.6) is 5.75 Å². The molecule has 0 spiro atoms. The molecule has 1 aromatic rings. The van der Waals surface area contributed by atoms with Crippen molar-refractivity contribution in [1.82, 2.24) is 10.6 Å². The fraction of sp³-hybridized carbons (Fsp3) is 0.682. The number of hydrogen-bond donors (Lipinski definition) is 2. The molecule has 4 heteroatoms. The van der Waals surface area contributed by atoms with Crippen LogP contribution in [0.15, 0.2) is 24.3 Å². The molecule has 5 rings (SSSR count). The van der Waals surface area contributed by atoms with Gasteiger partial charge in [-0.15, -0.1) is 0 Å². The van der Waals surface area contributed by atoms with Gasteiger partial charge in [0, 0.05) is 12.6 Å². The van der Waals surface area contributed by atoms with Gasteiger partial charge in [-0.2, -0.15) is 0 Å². The summed E-state index contributed by atoms with van der Waals surface area (Å²) < 4.78 is 5.18. The van der Waals surface area contributed by atoms with Crippen LogP contribution in [-0.4, -0.2) is 25.7 Å². The first-order chi connectivity index (χ1) is 12.6. The van der Waals surface area contributed by atoms with E-state index in [1.54, 1.807) is 7.11 Å². The Kier molecular flexibility index (Phi) is 4.85. The van der Waals surface area contributed by atoms with Gasteiger partial charge in [-0.25, -0.2) is 4.79 Å². The van der Waals surface area contributed by atoms with Gasteiger partial charge in [-0.3, -0.25) is 0 Å². The van der Waals surface area contributed by atoms with Crippen LogP contribution in [0.4, 0.5) is 4.79 Å². The van der Waals surface area contributed by atoms with Gasteiger partial charge in [0.05, 0.1) is 7.11 Å². The maximum absolute atomic E-state index is 12.4. The fourth-order valence-electron chi connectivity index (χ4n) is 6.22. The zero-order chi connectivity index (χ0) is 18.1. The van der Waals surface area contributed by atoms with Crippen molar-refractivity contribution in [3.8, 4) is 5.75 Å². The highest BCUT2D eigenvalue weighted by molar-refractivity contribution is 5.74. The maximum atomic E-state index is 12.4. The lowest BCUT2D eigenvalue weighted by Gasteiger charge is -2.59. The molecule has 4 nitrogen and oxygen atoms in total. The molecular formula is C22H32N2O2. The molecule has 4 saturated carbocycles. The summed E-state index contributed by atoms with van der Waals surface area (Å²) >= 11 is 0. The van der Waals surface area contributed by atoms with Crippen molar-refractivity contribution in [1.29, 1.82) is 0 Å². The number of carbonyl (C=O) groups is 1. The number of methoxy groups -OCH3 is 1. The Bertz CT molecular complexity index is 605. The van der Waals surface area contributed by atoms with Gasteiger partial charge < -0.3 is 15.4 Å². The van der Waals surface area contributed by atoms with Gasteiger partial charge in [0.2, 0.25) is 0 Å². The molecule has 4 aliphatic carbocycles. The molecule has 26 heavy (non-hydrogen) atoms. The minimum atomic E-state index is -0.0123. The second-order valence-corrected chi connectivity index (χ2v) is 9.00. The highest BCUT2D eigenvalue weighted by atomic mass is 16.5. The van der Waals surface area contributed by atoms with Crippen LogP contribution in [0.2, 0.25) is 0 Å². The van der Waals surface area contributed by atoms with Crippen LogP contribution >= 0.6 is 0 Å². The topological polar surface area (TPSA) is 50.4 Å². The van der Waals surface area contributed by atoms with E-state index in [0.29, 0.717) is 12.0 Å². The van der Waals surface area contributed by atoms with Crippen LogP contribution in [0, 0.1) is 23.2 Å². The Morgan fingerprint density at radius 1 is 1.12 bits per heavy atom. The summed E-state index contributed by atoms with van der Waals surface area (Å²) in [6.07, 6.45) is 9.15. The summed E-state index contributed by atoms with van der Waals surface area (Å²) in [5.41, 5.74) is 1.57. The minimum Gasteiger partial charge on any atom is -0.497 e. The van der Waals surface area contributed by atoms with E-state index in [9.17, 15) is 4.79 Å². The van der Waals surface area contributed by atoms with Gasteiger partial charge in [-0.05, 0) is 92.7 Å². The van der Waals surface area contributed by atoms with Crippen molar-refractivity contribution in [3.63, 3.8) is 0 Å². The highest BCUT2D eigenvalue weighted by Gasteiger charge is 2.53. The molecule has 1 atom stereocenters. The van der Waals surface area contributed by atoms with E-state index in [-0.39, 0.29) is 12.1 Å². The SMILES string of the molecule is COc1ccc(CCNC(=O)NC(C)C23CC4CC(CC(C4)C2)C3)cc1. The summed E-state index contributed by atoms with van der Waals surface area (Å²) in [6, 6.07) is 8.29. The first kappa shape index (κ1) is 17.7. The quantitative estimate of drug-likeness (QED) is 0.805. The molecule has 4 aliphatic rings. The first-order valence-corrected chi connectivity index (χ1v) is 10.2. The lowest BCUT2D eigenvalue weighted by Crippen LogP contribution is -2.57. The number of benzene rings is 1. The second-order valence-electron chi connectivity index (χ2n) is 9.00. The third-order valence-corrected chi connectivity index (χ3v) is 7.21. The van der Waals surface area contributed by atoms with E-state index in [0.717, 1.165) is 29.9 Å².